The van der Waals surface area contributed by atoms with Crippen molar-refractivity contribution in [2.75, 3.05) is 0 Å². The molecule has 0 bridgehead atoms. The topological polar surface area (TPSA) is 26.3 Å². The third-order valence-electron chi connectivity index (χ3n) is 2.38. The maximum absolute atomic E-state index is 11.5. The Kier molecular flexibility index (Phi) is 4.19. The van der Waals surface area contributed by atoms with E-state index < -0.39 is 0 Å². The van der Waals surface area contributed by atoms with Crippen LogP contribution in [0.3, 0.4) is 0 Å². The molecule has 2 nitrogen and oxygen atoms in total. The molecule has 0 aromatic heterocycles. The highest BCUT2D eigenvalue weighted by atomic mass is 79.9. The van der Waals surface area contributed by atoms with E-state index in [2.05, 4.69) is 31.9 Å². The fourth-order valence-electron chi connectivity index (χ4n) is 1.52. The maximum Gasteiger partial charge on any atom is 0.163 e. The molecule has 0 aliphatic carbocycles. The molecule has 0 N–H and O–H groups in total. The molecule has 0 atom stereocenters. The predicted octanol–water partition coefficient (Wildman–Crippen LogP) is 5.21. The van der Waals surface area contributed by atoms with Gasteiger partial charge in [0.25, 0.3) is 0 Å². The highest BCUT2D eigenvalue weighted by Crippen LogP contribution is 2.33. The van der Waals surface area contributed by atoms with Gasteiger partial charge in [0.05, 0.1) is 10.0 Å². The van der Waals surface area contributed by atoms with Crippen LogP contribution in [0.15, 0.2) is 51.4 Å². The lowest BCUT2D eigenvalue weighted by atomic mass is 10.1. The van der Waals surface area contributed by atoms with Gasteiger partial charge in [-0.3, -0.25) is 4.79 Å². The van der Waals surface area contributed by atoms with E-state index in [-0.39, 0.29) is 5.78 Å². The second kappa shape index (κ2) is 5.67. The van der Waals surface area contributed by atoms with Gasteiger partial charge in [-0.05, 0) is 53.2 Å². The molecule has 0 spiro atoms. The number of rotatable bonds is 3. The zero-order chi connectivity index (χ0) is 13.1. The van der Waals surface area contributed by atoms with E-state index in [0.717, 1.165) is 8.95 Å². The fourth-order valence-corrected chi connectivity index (χ4v) is 2.22. The summed E-state index contributed by atoms with van der Waals surface area (Å²) < 4.78 is 7.50. The lowest BCUT2D eigenvalue weighted by Gasteiger charge is -2.11. The molecule has 0 radical (unpaired) electrons. The van der Waals surface area contributed by atoms with Crippen LogP contribution in [0.2, 0.25) is 0 Å². The van der Waals surface area contributed by atoms with Gasteiger partial charge in [0, 0.05) is 4.47 Å². The van der Waals surface area contributed by atoms with Gasteiger partial charge in [0.2, 0.25) is 0 Å². The molecule has 2 rings (SSSR count). The molecule has 0 aliphatic heterocycles. The molecule has 0 unspecified atom stereocenters. The molecular formula is C14H10Br2O2. The van der Waals surface area contributed by atoms with E-state index in [9.17, 15) is 4.79 Å². The molecule has 18 heavy (non-hydrogen) atoms. The molecule has 2 aromatic rings. The Balaban J connectivity index is 2.42. The Bertz CT molecular complexity index is 594. The number of para-hydroxylation sites is 1. The number of ether oxygens (including phenoxy) is 1. The number of halogens is 2. The van der Waals surface area contributed by atoms with Crippen LogP contribution in [0.1, 0.15) is 17.3 Å². The second-order valence-corrected chi connectivity index (χ2v) is 5.50. The average Bonchev–Trinajstić information content (AvgIpc) is 2.32. The van der Waals surface area contributed by atoms with Gasteiger partial charge in [0.15, 0.2) is 5.78 Å². The predicted molar refractivity (Wildman–Crippen MR) is 78.4 cm³/mol. The average molecular weight is 370 g/mol. The van der Waals surface area contributed by atoms with Crippen LogP contribution in [0.25, 0.3) is 0 Å². The molecule has 0 aliphatic rings. The number of Topliss-reactive ketones (excluding diaryl/α,β-unsaturated/α-hetero) is 1. The van der Waals surface area contributed by atoms with Crippen molar-refractivity contribution in [1.29, 1.82) is 0 Å². The summed E-state index contributed by atoms with van der Waals surface area (Å²) in [6, 6.07) is 12.9. The first-order valence-electron chi connectivity index (χ1n) is 5.31. The monoisotopic (exact) mass is 368 g/mol. The zero-order valence-corrected chi connectivity index (χ0v) is 12.8. The van der Waals surface area contributed by atoms with Crippen molar-refractivity contribution in [3.63, 3.8) is 0 Å². The summed E-state index contributed by atoms with van der Waals surface area (Å²) >= 11 is 6.79. The van der Waals surface area contributed by atoms with Gasteiger partial charge < -0.3 is 4.74 Å². The van der Waals surface area contributed by atoms with Crippen molar-refractivity contribution in [2.45, 2.75) is 6.92 Å². The minimum atomic E-state index is -0.0236. The van der Waals surface area contributed by atoms with Crippen LogP contribution in [-0.4, -0.2) is 5.78 Å². The van der Waals surface area contributed by atoms with Crippen molar-refractivity contribution in [1.82, 2.24) is 0 Å². The van der Waals surface area contributed by atoms with E-state index in [0.29, 0.717) is 17.1 Å². The summed E-state index contributed by atoms with van der Waals surface area (Å²) in [5.74, 6) is 1.20. The number of hydrogen-bond donors (Lipinski definition) is 0. The van der Waals surface area contributed by atoms with Crippen LogP contribution < -0.4 is 4.74 Å². The zero-order valence-electron chi connectivity index (χ0n) is 9.61. The molecule has 0 saturated heterocycles. The standard InChI is InChI=1S/C14H10Br2O2/c1-9(17)11-7-6-10(15)8-14(11)18-13-5-3-2-4-12(13)16/h2-8H,1H3. The van der Waals surface area contributed by atoms with E-state index >= 15 is 0 Å². The van der Waals surface area contributed by atoms with Crippen LogP contribution >= 0.6 is 31.9 Å². The lowest BCUT2D eigenvalue weighted by Crippen LogP contribution is -1.97. The van der Waals surface area contributed by atoms with Gasteiger partial charge >= 0.3 is 0 Å². The molecule has 0 heterocycles. The first-order chi connectivity index (χ1) is 8.58. The number of benzene rings is 2. The molecular weight excluding hydrogens is 360 g/mol. The van der Waals surface area contributed by atoms with Crippen molar-refractivity contribution < 1.29 is 9.53 Å². The number of carbonyl (C=O) groups excluding carboxylic acids is 1. The number of carbonyl (C=O) groups is 1. The smallest absolute Gasteiger partial charge is 0.163 e. The van der Waals surface area contributed by atoms with Gasteiger partial charge in [-0.25, -0.2) is 0 Å². The molecule has 4 heteroatoms. The van der Waals surface area contributed by atoms with Crippen LogP contribution in [0.5, 0.6) is 11.5 Å². The Morgan fingerprint density at radius 2 is 1.78 bits per heavy atom. The van der Waals surface area contributed by atoms with Crippen molar-refractivity contribution in [3.8, 4) is 11.5 Å². The van der Waals surface area contributed by atoms with E-state index in [1.54, 1.807) is 12.1 Å². The first kappa shape index (κ1) is 13.3. The van der Waals surface area contributed by atoms with Crippen LogP contribution in [0, 0.1) is 0 Å². The molecule has 2 aromatic carbocycles. The van der Waals surface area contributed by atoms with Crippen molar-refractivity contribution in [2.24, 2.45) is 0 Å². The Morgan fingerprint density at radius 3 is 2.44 bits per heavy atom. The summed E-state index contributed by atoms with van der Waals surface area (Å²) in [6.45, 7) is 1.52. The summed E-state index contributed by atoms with van der Waals surface area (Å²) in [7, 11) is 0. The SMILES string of the molecule is CC(=O)c1ccc(Br)cc1Oc1ccccc1Br. The summed E-state index contributed by atoms with van der Waals surface area (Å²) in [6.07, 6.45) is 0. The van der Waals surface area contributed by atoms with E-state index in [4.69, 9.17) is 4.74 Å². The van der Waals surface area contributed by atoms with Crippen LogP contribution in [-0.2, 0) is 0 Å². The minimum Gasteiger partial charge on any atom is -0.455 e. The largest absolute Gasteiger partial charge is 0.455 e. The Hall–Kier alpha value is -1.13. The third-order valence-corrected chi connectivity index (χ3v) is 3.53. The molecule has 0 amide bonds. The normalized spacial score (nSPS) is 10.2. The number of hydrogen-bond acceptors (Lipinski definition) is 2. The lowest BCUT2D eigenvalue weighted by molar-refractivity contribution is 0.101. The Morgan fingerprint density at radius 1 is 1.06 bits per heavy atom. The maximum atomic E-state index is 11.5. The summed E-state index contributed by atoms with van der Waals surface area (Å²) in [5, 5.41) is 0. The van der Waals surface area contributed by atoms with Crippen molar-refractivity contribution >= 4 is 37.6 Å². The first-order valence-corrected chi connectivity index (χ1v) is 6.89. The fraction of sp³-hybridized carbons (Fsp3) is 0.0714. The highest BCUT2D eigenvalue weighted by Gasteiger charge is 2.11. The molecule has 0 fully saturated rings. The third kappa shape index (κ3) is 3.00. The van der Waals surface area contributed by atoms with E-state index in [1.165, 1.54) is 6.92 Å². The molecule has 92 valence electrons. The van der Waals surface area contributed by atoms with Gasteiger partial charge in [-0.15, -0.1) is 0 Å². The molecule has 0 saturated carbocycles. The second-order valence-electron chi connectivity index (χ2n) is 3.73. The summed E-state index contributed by atoms with van der Waals surface area (Å²) in [4.78, 5) is 11.5. The van der Waals surface area contributed by atoms with E-state index in [1.807, 2.05) is 30.3 Å². The van der Waals surface area contributed by atoms with Crippen molar-refractivity contribution in [3.05, 3.63) is 57.0 Å². The minimum absolute atomic E-state index is 0.0236. The van der Waals surface area contributed by atoms with Gasteiger partial charge in [-0.2, -0.15) is 0 Å². The number of ketones is 1. The summed E-state index contributed by atoms with van der Waals surface area (Å²) in [5.41, 5.74) is 0.564. The van der Waals surface area contributed by atoms with Gasteiger partial charge in [0.1, 0.15) is 11.5 Å². The van der Waals surface area contributed by atoms with Crippen LogP contribution in [0.4, 0.5) is 0 Å². The Labute approximate surface area is 122 Å². The van der Waals surface area contributed by atoms with Gasteiger partial charge in [-0.1, -0.05) is 28.1 Å². The highest BCUT2D eigenvalue weighted by molar-refractivity contribution is 9.10. The quantitative estimate of drug-likeness (QED) is 0.694.